The van der Waals surface area contributed by atoms with Gasteiger partial charge >= 0.3 is 0 Å². The molecule has 0 fully saturated rings. The van der Waals surface area contributed by atoms with Crippen LogP contribution in [0, 0.1) is 6.92 Å². The van der Waals surface area contributed by atoms with E-state index in [-0.39, 0.29) is 16.6 Å². The Balaban J connectivity index is 1.28. The summed E-state index contributed by atoms with van der Waals surface area (Å²) in [6, 6.07) is 30.5. The molecule has 46 heavy (non-hydrogen) atoms. The third-order valence-corrected chi connectivity index (χ3v) is 9.47. The summed E-state index contributed by atoms with van der Waals surface area (Å²) in [4.78, 5) is 46.0. The predicted octanol–water partition coefficient (Wildman–Crippen LogP) is 8.95. The number of rotatable bonds is 10. The van der Waals surface area contributed by atoms with Crippen LogP contribution in [0.25, 0.3) is 17.3 Å². The summed E-state index contributed by atoms with van der Waals surface area (Å²) < 4.78 is 0. The van der Waals surface area contributed by atoms with Crippen LogP contribution in [0.15, 0.2) is 114 Å². The van der Waals surface area contributed by atoms with Crippen LogP contribution in [0.4, 0.5) is 10.8 Å². The molecular weight excluding hydrogens is 659 g/mol. The lowest BCUT2D eigenvalue weighted by Gasteiger charge is -2.14. The number of nitrogens with one attached hydrogen (secondary N) is 3. The van der Waals surface area contributed by atoms with E-state index in [2.05, 4.69) is 20.9 Å². The van der Waals surface area contributed by atoms with Crippen LogP contribution in [0.2, 0.25) is 10.0 Å². The van der Waals surface area contributed by atoms with Gasteiger partial charge in [-0.3, -0.25) is 14.4 Å². The van der Waals surface area contributed by atoms with Crippen molar-refractivity contribution in [2.24, 2.45) is 0 Å². The molecule has 4 aromatic carbocycles. The molecule has 7 nitrogen and oxygen atoms in total. The van der Waals surface area contributed by atoms with Crippen LogP contribution in [-0.4, -0.2) is 28.0 Å². The number of hydrogen-bond acceptors (Lipinski definition) is 6. The normalized spacial score (nSPS) is 11.9. The molecule has 1 heterocycles. The molecule has 11 heteroatoms. The van der Waals surface area contributed by atoms with E-state index in [9.17, 15) is 14.4 Å². The number of anilines is 2. The Morgan fingerprint density at radius 2 is 1.57 bits per heavy atom. The summed E-state index contributed by atoms with van der Waals surface area (Å²) in [7, 11) is 0. The zero-order valence-corrected chi connectivity index (χ0v) is 27.9. The number of aromatic nitrogens is 1. The lowest BCUT2D eigenvalue weighted by molar-refractivity contribution is -0.115. The number of carbonyl (C=O) groups is 3. The minimum Gasteiger partial charge on any atom is -0.321 e. The van der Waals surface area contributed by atoms with Gasteiger partial charge in [0.05, 0.1) is 21.0 Å². The molecular formula is C35H28Cl2N4O3S2. The van der Waals surface area contributed by atoms with Gasteiger partial charge in [-0.1, -0.05) is 89.9 Å². The number of nitrogens with zero attached hydrogens (tertiary/aromatic N) is 1. The number of carbonyl (C=O) groups excluding carboxylic acids is 3. The quantitative estimate of drug-likeness (QED) is 0.101. The minimum absolute atomic E-state index is 0.0302. The predicted molar refractivity (Wildman–Crippen MR) is 190 cm³/mol. The maximum absolute atomic E-state index is 13.5. The first-order chi connectivity index (χ1) is 22.2. The lowest BCUT2D eigenvalue weighted by atomic mass is 10.1. The van der Waals surface area contributed by atoms with Crippen molar-refractivity contribution in [3.63, 3.8) is 0 Å². The number of halogens is 2. The smallest absolute Gasteiger partial charge is 0.272 e. The molecule has 0 saturated carbocycles. The molecule has 3 N–H and O–H groups in total. The van der Waals surface area contributed by atoms with E-state index in [0.717, 1.165) is 21.0 Å². The van der Waals surface area contributed by atoms with Crippen LogP contribution in [0.3, 0.4) is 0 Å². The van der Waals surface area contributed by atoms with Gasteiger partial charge in [-0.15, -0.1) is 23.1 Å². The highest BCUT2D eigenvalue weighted by Crippen LogP contribution is 2.32. The molecule has 0 aliphatic heterocycles. The Hall–Kier alpha value is -4.41. The molecule has 0 aliphatic carbocycles. The van der Waals surface area contributed by atoms with Crippen LogP contribution < -0.4 is 16.0 Å². The van der Waals surface area contributed by atoms with Gasteiger partial charge in [0.1, 0.15) is 5.70 Å². The van der Waals surface area contributed by atoms with Crippen molar-refractivity contribution in [3.05, 3.63) is 135 Å². The number of aryl methyl sites for hydroxylation is 1. The van der Waals surface area contributed by atoms with Gasteiger partial charge in [0, 0.05) is 26.6 Å². The zero-order chi connectivity index (χ0) is 32.6. The van der Waals surface area contributed by atoms with Gasteiger partial charge in [-0.05, 0) is 61.9 Å². The number of amides is 3. The Kier molecular flexibility index (Phi) is 10.9. The average molecular weight is 688 g/mol. The second-order valence-electron chi connectivity index (χ2n) is 10.0. The standard InChI is InChI=1S/C35H28Cl2N4O3S2/c1-21-31(23-11-5-3-6-12-23)40-35(46-21)41-32(42)22(2)45-27-17-10-16-26(20-27)38-34(44)29(19-25-15-9-18-28(36)30(25)37)39-33(43)24-13-7-4-8-14-24/h3-20,22H,1-2H3,(H,38,44)(H,39,43)(H,40,41,42)/b29-19+. The van der Waals surface area contributed by atoms with Crippen molar-refractivity contribution in [2.75, 3.05) is 10.6 Å². The van der Waals surface area contributed by atoms with Crippen molar-refractivity contribution in [3.8, 4) is 11.3 Å². The van der Waals surface area contributed by atoms with Crippen LogP contribution in [0.5, 0.6) is 0 Å². The molecule has 0 radical (unpaired) electrons. The summed E-state index contributed by atoms with van der Waals surface area (Å²) in [6.07, 6.45) is 1.47. The van der Waals surface area contributed by atoms with E-state index >= 15 is 0 Å². The third kappa shape index (κ3) is 8.44. The highest BCUT2D eigenvalue weighted by atomic mass is 35.5. The first-order valence-electron chi connectivity index (χ1n) is 14.1. The van der Waals surface area contributed by atoms with Crippen molar-refractivity contribution in [2.45, 2.75) is 24.0 Å². The zero-order valence-electron chi connectivity index (χ0n) is 24.7. The van der Waals surface area contributed by atoms with Gasteiger partial charge < -0.3 is 16.0 Å². The van der Waals surface area contributed by atoms with E-state index in [1.807, 2.05) is 43.3 Å². The molecule has 232 valence electrons. The van der Waals surface area contributed by atoms with Crippen LogP contribution >= 0.6 is 46.3 Å². The molecule has 5 aromatic rings. The van der Waals surface area contributed by atoms with E-state index in [0.29, 0.717) is 27.0 Å². The summed E-state index contributed by atoms with van der Waals surface area (Å²) >= 11 is 15.3. The van der Waals surface area contributed by atoms with E-state index in [4.69, 9.17) is 23.2 Å². The number of thioether (sulfide) groups is 1. The largest absolute Gasteiger partial charge is 0.321 e. The summed E-state index contributed by atoms with van der Waals surface area (Å²) in [5.41, 5.74) is 3.12. The van der Waals surface area contributed by atoms with Crippen molar-refractivity contribution >= 4 is 80.9 Å². The maximum atomic E-state index is 13.5. The Morgan fingerprint density at radius 1 is 0.870 bits per heavy atom. The third-order valence-electron chi connectivity index (χ3n) is 6.66. The molecule has 0 bridgehead atoms. The minimum atomic E-state index is -0.568. The molecule has 0 spiro atoms. The number of thiazole rings is 1. The van der Waals surface area contributed by atoms with Crippen molar-refractivity contribution in [1.29, 1.82) is 0 Å². The summed E-state index contributed by atoms with van der Waals surface area (Å²) in [5.74, 6) is -1.22. The SMILES string of the molecule is Cc1sc(NC(=O)C(C)Sc2cccc(NC(=O)/C(=C\c3cccc(Cl)c3Cl)NC(=O)c3ccccc3)c2)nc1-c1ccccc1. The van der Waals surface area contributed by atoms with Gasteiger partial charge in [0.25, 0.3) is 11.8 Å². The Morgan fingerprint density at radius 3 is 2.30 bits per heavy atom. The van der Waals surface area contributed by atoms with Crippen molar-refractivity contribution in [1.82, 2.24) is 10.3 Å². The molecule has 0 saturated heterocycles. The molecule has 5 rings (SSSR count). The Bertz CT molecular complexity index is 1910. The fourth-order valence-corrected chi connectivity index (χ4v) is 6.48. The summed E-state index contributed by atoms with van der Waals surface area (Å²) in [6.45, 7) is 3.78. The highest BCUT2D eigenvalue weighted by molar-refractivity contribution is 8.00. The second-order valence-corrected chi connectivity index (χ2v) is 13.4. The van der Waals surface area contributed by atoms with Gasteiger partial charge in [-0.2, -0.15) is 0 Å². The molecule has 3 amide bonds. The van der Waals surface area contributed by atoms with Gasteiger partial charge in [-0.25, -0.2) is 4.98 Å². The van der Waals surface area contributed by atoms with E-state index < -0.39 is 17.1 Å². The molecule has 1 aromatic heterocycles. The monoisotopic (exact) mass is 686 g/mol. The fourth-order valence-electron chi connectivity index (χ4n) is 4.35. The fraction of sp³-hybridized carbons (Fsp3) is 0.0857. The van der Waals surface area contributed by atoms with E-state index in [1.165, 1.54) is 29.2 Å². The highest BCUT2D eigenvalue weighted by Gasteiger charge is 2.19. The topological polar surface area (TPSA) is 100 Å². The lowest BCUT2D eigenvalue weighted by Crippen LogP contribution is -2.30. The maximum Gasteiger partial charge on any atom is 0.272 e. The van der Waals surface area contributed by atoms with E-state index in [1.54, 1.807) is 73.7 Å². The molecule has 0 aliphatic rings. The first-order valence-corrected chi connectivity index (χ1v) is 16.6. The summed E-state index contributed by atoms with van der Waals surface area (Å²) in [5, 5.41) is 9.10. The van der Waals surface area contributed by atoms with Crippen LogP contribution in [-0.2, 0) is 9.59 Å². The molecule has 1 unspecified atom stereocenters. The Labute approximate surface area is 285 Å². The van der Waals surface area contributed by atoms with Gasteiger partial charge in [0.15, 0.2) is 5.13 Å². The van der Waals surface area contributed by atoms with Gasteiger partial charge in [0.2, 0.25) is 5.91 Å². The van der Waals surface area contributed by atoms with Crippen LogP contribution in [0.1, 0.15) is 27.7 Å². The number of hydrogen-bond donors (Lipinski definition) is 3. The average Bonchev–Trinajstić information content (AvgIpc) is 3.43. The molecule has 1 atom stereocenters. The van der Waals surface area contributed by atoms with Crippen molar-refractivity contribution < 1.29 is 14.4 Å². The second kappa shape index (κ2) is 15.2. The number of benzene rings is 4. The first kappa shape index (κ1) is 33.0.